The van der Waals surface area contributed by atoms with E-state index in [0.717, 1.165) is 16.9 Å². The van der Waals surface area contributed by atoms with Gasteiger partial charge in [0.2, 0.25) is 5.95 Å². The Morgan fingerprint density at radius 1 is 0.800 bits per heavy atom. The smallest absolute Gasteiger partial charge is 0.237 e. The topological polar surface area (TPSA) is 43.6 Å². The van der Waals surface area contributed by atoms with Crippen molar-refractivity contribution in [3.63, 3.8) is 0 Å². The Balaban J connectivity index is 2.21. The summed E-state index contributed by atoms with van der Waals surface area (Å²) in [6, 6.07) is 16.6. The van der Waals surface area contributed by atoms with Gasteiger partial charge in [0.1, 0.15) is 12.2 Å². The molecular formula is C16H12N4. The van der Waals surface area contributed by atoms with Crippen LogP contribution in [0.1, 0.15) is 5.82 Å². The van der Waals surface area contributed by atoms with Crippen LogP contribution in [0.5, 0.6) is 0 Å². The van der Waals surface area contributed by atoms with Gasteiger partial charge in [-0.05, 0) is 19.1 Å². The van der Waals surface area contributed by atoms with Gasteiger partial charge in [0.25, 0.3) is 0 Å². The van der Waals surface area contributed by atoms with Crippen LogP contribution in [0.15, 0.2) is 54.9 Å². The van der Waals surface area contributed by atoms with Gasteiger partial charge in [-0.25, -0.2) is 9.97 Å². The second kappa shape index (κ2) is 4.13. The number of fused-ring (bicyclic) bond motifs is 3. The van der Waals surface area contributed by atoms with E-state index in [1.165, 1.54) is 10.8 Å². The Kier molecular flexibility index (Phi) is 2.29. The highest BCUT2D eigenvalue weighted by atomic mass is 15.2. The fraction of sp³-hybridized carbons (Fsp3) is 0.0625. The van der Waals surface area contributed by atoms with Gasteiger partial charge in [0.15, 0.2) is 0 Å². The fourth-order valence-corrected chi connectivity index (χ4v) is 2.61. The number of nitrogens with zero attached hydrogens (tertiary/aromatic N) is 4. The minimum atomic E-state index is 0.662. The molecule has 0 atom stereocenters. The summed E-state index contributed by atoms with van der Waals surface area (Å²) in [5.41, 5.74) is 2.22. The quantitative estimate of drug-likeness (QED) is 0.527. The van der Waals surface area contributed by atoms with Crippen LogP contribution in [0.3, 0.4) is 0 Å². The predicted molar refractivity (Wildman–Crippen MR) is 78.9 cm³/mol. The summed E-state index contributed by atoms with van der Waals surface area (Å²) < 4.78 is 2.08. The first-order valence-corrected chi connectivity index (χ1v) is 6.49. The van der Waals surface area contributed by atoms with Crippen molar-refractivity contribution in [2.75, 3.05) is 0 Å². The van der Waals surface area contributed by atoms with Crippen LogP contribution in [-0.2, 0) is 0 Å². The van der Waals surface area contributed by atoms with Crippen molar-refractivity contribution < 1.29 is 0 Å². The van der Waals surface area contributed by atoms with Crippen LogP contribution >= 0.6 is 0 Å². The van der Waals surface area contributed by atoms with Crippen molar-refractivity contribution in [2.24, 2.45) is 0 Å². The third-order valence-electron chi connectivity index (χ3n) is 3.46. The molecule has 0 bridgehead atoms. The first-order valence-electron chi connectivity index (χ1n) is 6.49. The number of para-hydroxylation sites is 2. The molecule has 0 saturated heterocycles. The highest BCUT2D eigenvalue weighted by Crippen LogP contribution is 2.30. The zero-order valence-electron chi connectivity index (χ0n) is 11.0. The van der Waals surface area contributed by atoms with Crippen molar-refractivity contribution in [1.82, 2.24) is 19.5 Å². The van der Waals surface area contributed by atoms with Crippen LogP contribution in [0, 0.1) is 6.92 Å². The Hall–Kier alpha value is -2.75. The normalized spacial score (nSPS) is 11.2. The van der Waals surface area contributed by atoms with E-state index in [0.29, 0.717) is 5.95 Å². The monoisotopic (exact) mass is 260 g/mol. The maximum absolute atomic E-state index is 4.46. The van der Waals surface area contributed by atoms with Gasteiger partial charge >= 0.3 is 0 Å². The fourth-order valence-electron chi connectivity index (χ4n) is 2.61. The van der Waals surface area contributed by atoms with Gasteiger partial charge < -0.3 is 0 Å². The molecule has 2 aromatic carbocycles. The number of hydrogen-bond acceptors (Lipinski definition) is 3. The lowest BCUT2D eigenvalue weighted by Crippen LogP contribution is -2.02. The molecule has 0 unspecified atom stereocenters. The molecule has 0 aliphatic carbocycles. The van der Waals surface area contributed by atoms with Crippen LogP contribution in [0.25, 0.3) is 27.8 Å². The molecule has 4 nitrogen and oxygen atoms in total. The molecule has 0 spiro atoms. The highest BCUT2D eigenvalue weighted by Gasteiger charge is 2.12. The lowest BCUT2D eigenvalue weighted by atomic mass is 10.2. The van der Waals surface area contributed by atoms with Gasteiger partial charge in [-0.3, -0.25) is 4.57 Å². The van der Waals surface area contributed by atoms with E-state index in [1.54, 1.807) is 6.33 Å². The molecule has 0 N–H and O–H groups in total. The second-order valence-corrected chi connectivity index (χ2v) is 4.70. The summed E-state index contributed by atoms with van der Waals surface area (Å²) in [6.07, 6.45) is 1.56. The van der Waals surface area contributed by atoms with Crippen molar-refractivity contribution in [1.29, 1.82) is 0 Å². The summed E-state index contributed by atoms with van der Waals surface area (Å²) in [7, 11) is 0. The molecule has 4 rings (SSSR count). The van der Waals surface area contributed by atoms with Crippen LogP contribution in [0.4, 0.5) is 0 Å². The van der Waals surface area contributed by atoms with Crippen LogP contribution in [-0.4, -0.2) is 19.5 Å². The SMILES string of the molecule is Cc1ncnc(-n2c3ccccc3c3ccccc32)n1. The van der Waals surface area contributed by atoms with E-state index in [9.17, 15) is 0 Å². The van der Waals surface area contributed by atoms with E-state index >= 15 is 0 Å². The molecule has 96 valence electrons. The van der Waals surface area contributed by atoms with E-state index in [2.05, 4.69) is 55.9 Å². The largest absolute Gasteiger partial charge is 0.278 e. The highest BCUT2D eigenvalue weighted by molar-refractivity contribution is 6.08. The van der Waals surface area contributed by atoms with Crippen molar-refractivity contribution in [3.05, 3.63) is 60.7 Å². The van der Waals surface area contributed by atoms with Gasteiger partial charge in [-0.2, -0.15) is 4.98 Å². The maximum atomic E-state index is 4.46. The van der Waals surface area contributed by atoms with Crippen molar-refractivity contribution >= 4 is 21.8 Å². The number of hydrogen-bond donors (Lipinski definition) is 0. The Labute approximate surface area is 115 Å². The summed E-state index contributed by atoms with van der Waals surface area (Å²) in [5, 5.41) is 2.42. The Morgan fingerprint density at radius 3 is 2.00 bits per heavy atom. The van der Waals surface area contributed by atoms with Crippen molar-refractivity contribution in [3.8, 4) is 5.95 Å². The molecule has 0 amide bonds. The predicted octanol–water partition coefficient (Wildman–Crippen LogP) is 3.28. The number of aromatic nitrogens is 4. The lowest BCUT2D eigenvalue weighted by Gasteiger charge is -2.05. The lowest BCUT2D eigenvalue weighted by molar-refractivity contribution is 0.900. The molecule has 0 aliphatic rings. The van der Waals surface area contributed by atoms with E-state index in [4.69, 9.17) is 0 Å². The average molecular weight is 260 g/mol. The molecule has 0 fully saturated rings. The molecule has 4 heteroatoms. The number of aryl methyl sites for hydroxylation is 1. The minimum Gasteiger partial charge on any atom is -0.278 e. The molecule has 0 radical (unpaired) electrons. The summed E-state index contributed by atoms with van der Waals surface area (Å²) in [5.74, 6) is 1.38. The summed E-state index contributed by atoms with van der Waals surface area (Å²) >= 11 is 0. The first kappa shape index (κ1) is 11.1. The van der Waals surface area contributed by atoms with E-state index < -0.39 is 0 Å². The van der Waals surface area contributed by atoms with Gasteiger partial charge in [-0.15, -0.1) is 0 Å². The molecule has 0 saturated carbocycles. The van der Waals surface area contributed by atoms with Crippen LogP contribution < -0.4 is 0 Å². The molecule has 20 heavy (non-hydrogen) atoms. The zero-order valence-corrected chi connectivity index (χ0v) is 11.0. The van der Waals surface area contributed by atoms with Gasteiger partial charge in [-0.1, -0.05) is 36.4 Å². The summed E-state index contributed by atoms with van der Waals surface area (Å²) in [6.45, 7) is 1.87. The number of rotatable bonds is 1. The Morgan fingerprint density at radius 2 is 1.40 bits per heavy atom. The van der Waals surface area contributed by atoms with Gasteiger partial charge in [0.05, 0.1) is 11.0 Å². The second-order valence-electron chi connectivity index (χ2n) is 4.70. The Bertz CT molecular complexity index is 871. The molecular weight excluding hydrogens is 248 g/mol. The van der Waals surface area contributed by atoms with E-state index in [1.807, 2.05) is 19.1 Å². The third kappa shape index (κ3) is 1.51. The average Bonchev–Trinajstić information content (AvgIpc) is 2.82. The minimum absolute atomic E-state index is 0.662. The molecule has 2 heterocycles. The molecule has 4 aromatic rings. The summed E-state index contributed by atoms with van der Waals surface area (Å²) in [4.78, 5) is 12.9. The van der Waals surface area contributed by atoms with Crippen molar-refractivity contribution in [2.45, 2.75) is 6.92 Å². The maximum Gasteiger partial charge on any atom is 0.237 e. The first-order chi connectivity index (χ1) is 9.84. The van der Waals surface area contributed by atoms with Gasteiger partial charge in [0, 0.05) is 10.8 Å². The molecule has 0 aliphatic heterocycles. The third-order valence-corrected chi connectivity index (χ3v) is 3.46. The standard InChI is InChI=1S/C16H12N4/c1-11-17-10-18-16(19-11)20-14-8-4-2-6-12(14)13-7-3-5-9-15(13)20/h2-10H,1H3. The van der Waals surface area contributed by atoms with E-state index in [-0.39, 0.29) is 0 Å². The van der Waals surface area contributed by atoms with Crippen LogP contribution in [0.2, 0.25) is 0 Å². The number of benzene rings is 2. The zero-order chi connectivity index (χ0) is 13.5. The molecule has 2 aromatic heterocycles.